The van der Waals surface area contributed by atoms with Gasteiger partial charge in [-0.1, -0.05) is 18.2 Å². The molecule has 0 radical (unpaired) electrons. The zero-order chi connectivity index (χ0) is 12.5. The smallest absolute Gasteiger partial charge is 0.328 e. The molecule has 1 fully saturated rings. The molecule has 4 nitrogen and oxygen atoms in total. The molecule has 0 amide bonds. The minimum absolute atomic E-state index is 0.0850. The Morgan fingerprint density at radius 3 is 2.94 bits per heavy atom. The van der Waals surface area contributed by atoms with Gasteiger partial charge in [-0.2, -0.15) is 0 Å². The Labute approximate surface area is 107 Å². The van der Waals surface area contributed by atoms with E-state index in [0.717, 1.165) is 19.4 Å². The van der Waals surface area contributed by atoms with Crippen molar-refractivity contribution in [1.82, 2.24) is 0 Å². The molecule has 2 atom stereocenters. The van der Waals surface area contributed by atoms with Crippen LogP contribution in [0.1, 0.15) is 24.3 Å². The van der Waals surface area contributed by atoms with Gasteiger partial charge in [0.05, 0.1) is 6.61 Å². The third kappa shape index (κ3) is 1.77. The lowest BCUT2D eigenvalue weighted by atomic mass is 9.98. The minimum atomic E-state index is -0.103. The number of para-hydroxylation sites is 1. The SMILES string of the molecule is NCCC1CN(C2CCOC2=O)c2ccccc21. The fourth-order valence-corrected chi connectivity index (χ4v) is 3.04. The van der Waals surface area contributed by atoms with E-state index in [4.69, 9.17) is 10.5 Å². The molecule has 96 valence electrons. The first-order chi connectivity index (χ1) is 8.81. The van der Waals surface area contributed by atoms with E-state index in [-0.39, 0.29) is 12.0 Å². The fourth-order valence-electron chi connectivity index (χ4n) is 3.04. The van der Waals surface area contributed by atoms with E-state index in [0.29, 0.717) is 19.1 Å². The average Bonchev–Trinajstić information content (AvgIpc) is 2.95. The number of hydrogen-bond acceptors (Lipinski definition) is 4. The minimum Gasteiger partial charge on any atom is -0.464 e. The Kier molecular flexibility index (Phi) is 2.96. The molecular weight excluding hydrogens is 228 g/mol. The standard InChI is InChI=1S/C14H18N2O2/c15-7-5-10-9-16(13-6-8-18-14(13)17)12-4-2-1-3-11(10)12/h1-4,10,13H,5-9,15H2. The third-order valence-corrected chi connectivity index (χ3v) is 3.90. The van der Waals surface area contributed by atoms with Gasteiger partial charge < -0.3 is 15.4 Å². The van der Waals surface area contributed by atoms with Gasteiger partial charge in [0.25, 0.3) is 0 Å². The summed E-state index contributed by atoms with van der Waals surface area (Å²) in [6.07, 6.45) is 1.76. The number of fused-ring (bicyclic) bond motifs is 1. The van der Waals surface area contributed by atoms with Crippen LogP contribution in [0, 0.1) is 0 Å². The average molecular weight is 246 g/mol. The molecule has 0 saturated carbocycles. The highest BCUT2D eigenvalue weighted by Crippen LogP contribution is 2.40. The number of hydrogen-bond donors (Lipinski definition) is 1. The van der Waals surface area contributed by atoms with Gasteiger partial charge >= 0.3 is 5.97 Å². The van der Waals surface area contributed by atoms with Crippen molar-refractivity contribution in [3.63, 3.8) is 0 Å². The summed E-state index contributed by atoms with van der Waals surface area (Å²) in [4.78, 5) is 13.9. The molecule has 2 aliphatic heterocycles. The molecule has 4 heteroatoms. The normalized spacial score (nSPS) is 26.3. The number of nitrogens with zero attached hydrogens (tertiary/aromatic N) is 1. The summed E-state index contributed by atoms with van der Waals surface area (Å²) >= 11 is 0. The van der Waals surface area contributed by atoms with Gasteiger partial charge in [-0.05, 0) is 24.6 Å². The van der Waals surface area contributed by atoms with Gasteiger partial charge in [-0.25, -0.2) is 4.79 Å². The Morgan fingerprint density at radius 2 is 2.22 bits per heavy atom. The molecule has 1 aromatic rings. The second-order valence-corrected chi connectivity index (χ2v) is 4.96. The van der Waals surface area contributed by atoms with Crippen LogP contribution in [0.2, 0.25) is 0 Å². The molecule has 2 N–H and O–H groups in total. The van der Waals surface area contributed by atoms with Crippen LogP contribution in [-0.4, -0.2) is 31.7 Å². The van der Waals surface area contributed by atoms with Crippen LogP contribution in [0.5, 0.6) is 0 Å². The van der Waals surface area contributed by atoms with Crippen molar-refractivity contribution in [3.05, 3.63) is 29.8 Å². The molecule has 0 aliphatic carbocycles. The first kappa shape index (κ1) is 11.5. The topological polar surface area (TPSA) is 55.6 Å². The highest BCUT2D eigenvalue weighted by molar-refractivity contribution is 5.83. The van der Waals surface area contributed by atoms with Gasteiger partial charge in [0.15, 0.2) is 0 Å². The van der Waals surface area contributed by atoms with Crippen LogP contribution >= 0.6 is 0 Å². The van der Waals surface area contributed by atoms with Gasteiger partial charge in [0, 0.05) is 24.6 Å². The van der Waals surface area contributed by atoms with E-state index in [1.165, 1.54) is 11.3 Å². The molecule has 1 aromatic carbocycles. The maximum Gasteiger partial charge on any atom is 0.328 e. The Morgan fingerprint density at radius 1 is 1.39 bits per heavy atom. The molecule has 18 heavy (non-hydrogen) atoms. The highest BCUT2D eigenvalue weighted by Gasteiger charge is 2.38. The summed E-state index contributed by atoms with van der Waals surface area (Å²) in [5.74, 6) is 0.359. The summed E-state index contributed by atoms with van der Waals surface area (Å²) in [6, 6.07) is 8.22. The number of cyclic esters (lactones) is 1. The largest absolute Gasteiger partial charge is 0.464 e. The lowest BCUT2D eigenvalue weighted by Crippen LogP contribution is -2.37. The number of carbonyl (C=O) groups excluding carboxylic acids is 1. The Bertz CT molecular complexity index is 461. The van der Waals surface area contributed by atoms with Crippen LogP contribution in [-0.2, 0) is 9.53 Å². The number of nitrogens with two attached hydrogens (primary N) is 1. The lowest BCUT2D eigenvalue weighted by Gasteiger charge is -2.24. The first-order valence-corrected chi connectivity index (χ1v) is 6.53. The maximum absolute atomic E-state index is 11.7. The number of ether oxygens (including phenoxy) is 1. The number of carbonyl (C=O) groups is 1. The van der Waals surface area contributed by atoms with Crippen LogP contribution in [0.4, 0.5) is 5.69 Å². The number of benzene rings is 1. The van der Waals surface area contributed by atoms with E-state index in [2.05, 4.69) is 23.1 Å². The zero-order valence-corrected chi connectivity index (χ0v) is 10.3. The van der Waals surface area contributed by atoms with Crippen LogP contribution < -0.4 is 10.6 Å². The molecule has 2 heterocycles. The van der Waals surface area contributed by atoms with E-state index in [1.54, 1.807) is 0 Å². The molecule has 0 spiro atoms. The van der Waals surface area contributed by atoms with Gasteiger partial charge in [-0.15, -0.1) is 0 Å². The second kappa shape index (κ2) is 4.61. The third-order valence-electron chi connectivity index (χ3n) is 3.90. The van der Waals surface area contributed by atoms with Crippen LogP contribution in [0.3, 0.4) is 0 Å². The van der Waals surface area contributed by atoms with E-state index in [9.17, 15) is 4.79 Å². The van der Waals surface area contributed by atoms with Crippen molar-refractivity contribution >= 4 is 11.7 Å². The number of rotatable bonds is 3. The van der Waals surface area contributed by atoms with Crippen LogP contribution in [0.15, 0.2) is 24.3 Å². The van der Waals surface area contributed by atoms with Crippen molar-refractivity contribution < 1.29 is 9.53 Å². The molecule has 2 aliphatic rings. The predicted molar refractivity (Wildman–Crippen MR) is 69.6 cm³/mol. The maximum atomic E-state index is 11.7. The number of anilines is 1. The van der Waals surface area contributed by atoms with Crippen molar-refractivity contribution in [1.29, 1.82) is 0 Å². The predicted octanol–water partition coefficient (Wildman–Crippen LogP) is 1.25. The van der Waals surface area contributed by atoms with Crippen molar-refractivity contribution in [2.75, 3.05) is 24.6 Å². The van der Waals surface area contributed by atoms with Gasteiger partial charge in [0.2, 0.25) is 0 Å². The van der Waals surface area contributed by atoms with Gasteiger partial charge in [-0.3, -0.25) is 0 Å². The quantitative estimate of drug-likeness (QED) is 0.816. The summed E-state index contributed by atoms with van der Waals surface area (Å²) in [5, 5.41) is 0. The van der Waals surface area contributed by atoms with E-state index < -0.39 is 0 Å². The molecule has 0 aromatic heterocycles. The molecule has 0 bridgehead atoms. The number of esters is 1. The van der Waals surface area contributed by atoms with E-state index in [1.807, 2.05) is 6.07 Å². The molecular formula is C14H18N2O2. The van der Waals surface area contributed by atoms with Crippen molar-refractivity contribution in [2.45, 2.75) is 24.8 Å². The summed E-state index contributed by atoms with van der Waals surface area (Å²) in [5.41, 5.74) is 8.18. The molecule has 1 saturated heterocycles. The summed E-state index contributed by atoms with van der Waals surface area (Å²) in [6.45, 7) is 2.11. The molecule has 2 unspecified atom stereocenters. The highest BCUT2D eigenvalue weighted by atomic mass is 16.5. The lowest BCUT2D eigenvalue weighted by molar-refractivity contribution is -0.139. The van der Waals surface area contributed by atoms with Gasteiger partial charge in [0.1, 0.15) is 6.04 Å². The molecule has 3 rings (SSSR count). The second-order valence-electron chi connectivity index (χ2n) is 4.96. The zero-order valence-electron chi connectivity index (χ0n) is 10.3. The van der Waals surface area contributed by atoms with Crippen LogP contribution in [0.25, 0.3) is 0 Å². The van der Waals surface area contributed by atoms with E-state index >= 15 is 0 Å². The fraction of sp³-hybridized carbons (Fsp3) is 0.500. The Hall–Kier alpha value is -1.55. The van der Waals surface area contributed by atoms with Crippen molar-refractivity contribution in [2.24, 2.45) is 5.73 Å². The summed E-state index contributed by atoms with van der Waals surface area (Å²) in [7, 11) is 0. The van der Waals surface area contributed by atoms with Crippen molar-refractivity contribution in [3.8, 4) is 0 Å². The first-order valence-electron chi connectivity index (χ1n) is 6.53. The monoisotopic (exact) mass is 246 g/mol. The Balaban J connectivity index is 1.91. The summed E-state index contributed by atoms with van der Waals surface area (Å²) < 4.78 is 5.08.